The first-order valence-electron chi connectivity index (χ1n) is 10.7. The van der Waals surface area contributed by atoms with Crippen molar-refractivity contribution in [2.45, 2.75) is 37.6 Å². The van der Waals surface area contributed by atoms with Gasteiger partial charge in [0.1, 0.15) is 5.75 Å². The summed E-state index contributed by atoms with van der Waals surface area (Å²) in [5.74, 6) is 1.89. The molecule has 2 aromatic heterocycles. The van der Waals surface area contributed by atoms with Crippen LogP contribution in [0.2, 0.25) is 0 Å². The number of hydrogen-bond donors (Lipinski definition) is 0. The molecule has 170 valence electrons. The predicted octanol–water partition coefficient (Wildman–Crippen LogP) is 3.01. The zero-order valence-corrected chi connectivity index (χ0v) is 19.4. The molecule has 0 bridgehead atoms. The zero-order chi connectivity index (χ0) is 22.7. The minimum absolute atomic E-state index is 0.203. The molecule has 0 saturated carbocycles. The van der Waals surface area contributed by atoms with Gasteiger partial charge in [-0.1, -0.05) is 17.2 Å². The summed E-state index contributed by atoms with van der Waals surface area (Å²) in [6.07, 6.45) is 4.93. The molecule has 0 spiro atoms. The average Bonchev–Trinajstić information content (AvgIpc) is 3.29. The molecule has 32 heavy (non-hydrogen) atoms. The predicted molar refractivity (Wildman–Crippen MR) is 121 cm³/mol. The number of piperidine rings is 1. The van der Waals surface area contributed by atoms with Crippen molar-refractivity contribution in [2.75, 3.05) is 30.9 Å². The average molecular weight is 457 g/mol. The van der Waals surface area contributed by atoms with Crippen LogP contribution < -0.4 is 9.64 Å². The van der Waals surface area contributed by atoms with Crippen molar-refractivity contribution < 1.29 is 13.2 Å². The quantitative estimate of drug-likeness (QED) is 0.534. The number of ether oxygens (including phenoxy) is 1. The number of pyridine rings is 1. The maximum Gasteiger partial charge on any atom is 0.266 e. The topological polar surface area (TPSA) is 103 Å². The Morgan fingerprint density at radius 1 is 1.09 bits per heavy atom. The van der Waals surface area contributed by atoms with E-state index in [4.69, 9.17) is 4.74 Å². The number of hydrogen-bond acceptors (Lipinski definition) is 8. The molecule has 4 rings (SSSR count). The fraction of sp³-hybridized carbons (Fsp3) is 0.455. The summed E-state index contributed by atoms with van der Waals surface area (Å²) in [6, 6.07) is 10.7. The number of tetrazole rings is 1. The van der Waals surface area contributed by atoms with E-state index in [1.165, 1.54) is 6.26 Å². The van der Waals surface area contributed by atoms with E-state index < -0.39 is 9.84 Å². The third-order valence-corrected chi connectivity index (χ3v) is 6.71. The first kappa shape index (κ1) is 22.2. The fourth-order valence-electron chi connectivity index (χ4n) is 3.59. The lowest BCUT2D eigenvalue weighted by atomic mass is 9.98. The molecule has 0 unspecified atom stereocenters. The highest BCUT2D eigenvalue weighted by Gasteiger charge is 2.23. The van der Waals surface area contributed by atoms with Gasteiger partial charge in [0.05, 0.1) is 29.4 Å². The van der Waals surface area contributed by atoms with Crippen LogP contribution in [0.5, 0.6) is 5.75 Å². The molecule has 0 radical (unpaired) electrons. The maximum atomic E-state index is 11.6. The molecule has 0 N–H and O–H groups in total. The Bertz CT molecular complexity index is 1140. The second-order valence-electron chi connectivity index (χ2n) is 8.42. The Morgan fingerprint density at radius 2 is 1.81 bits per heavy atom. The van der Waals surface area contributed by atoms with E-state index >= 15 is 0 Å². The third-order valence-electron chi connectivity index (χ3n) is 5.58. The molecule has 1 aliphatic rings. The van der Waals surface area contributed by atoms with E-state index in [9.17, 15) is 8.42 Å². The van der Waals surface area contributed by atoms with Gasteiger partial charge in [-0.3, -0.25) is 4.98 Å². The van der Waals surface area contributed by atoms with Gasteiger partial charge in [-0.2, -0.15) is 4.80 Å². The first-order valence-corrected chi connectivity index (χ1v) is 12.6. The van der Waals surface area contributed by atoms with Gasteiger partial charge in [-0.25, -0.2) is 8.42 Å². The van der Waals surface area contributed by atoms with Crippen molar-refractivity contribution in [1.29, 1.82) is 0 Å². The van der Waals surface area contributed by atoms with Crippen molar-refractivity contribution >= 4 is 15.8 Å². The minimum atomic E-state index is -3.20. The molecule has 0 amide bonds. The van der Waals surface area contributed by atoms with Crippen LogP contribution in [0.4, 0.5) is 5.95 Å². The van der Waals surface area contributed by atoms with Crippen molar-refractivity contribution in [2.24, 2.45) is 5.92 Å². The van der Waals surface area contributed by atoms with E-state index in [0.29, 0.717) is 23.4 Å². The summed E-state index contributed by atoms with van der Waals surface area (Å²) in [7, 11) is -3.20. The van der Waals surface area contributed by atoms with E-state index in [1.807, 2.05) is 26.0 Å². The molecule has 1 fully saturated rings. The van der Waals surface area contributed by atoms with Crippen molar-refractivity contribution in [1.82, 2.24) is 25.2 Å². The number of aromatic nitrogens is 5. The van der Waals surface area contributed by atoms with Gasteiger partial charge in [-0.05, 0) is 62.1 Å². The fourth-order valence-corrected chi connectivity index (χ4v) is 4.22. The summed E-state index contributed by atoms with van der Waals surface area (Å²) < 4.78 is 29.2. The summed E-state index contributed by atoms with van der Waals surface area (Å²) in [5.41, 5.74) is 1.63. The SMILES string of the molecule is CC(C)n1nnc(N2CCC(COc3ccc(-c4ccc(S(C)(=O)=O)cc4)nc3)CC2)n1. The van der Waals surface area contributed by atoms with Gasteiger partial charge in [0.2, 0.25) is 0 Å². The van der Waals surface area contributed by atoms with Gasteiger partial charge in [0.15, 0.2) is 9.84 Å². The van der Waals surface area contributed by atoms with Crippen LogP contribution in [0, 0.1) is 5.92 Å². The Morgan fingerprint density at radius 3 is 2.38 bits per heavy atom. The molecule has 1 aliphatic heterocycles. The van der Waals surface area contributed by atoms with Crippen LogP contribution in [0.15, 0.2) is 47.5 Å². The Balaban J connectivity index is 1.27. The normalized spacial score (nSPS) is 15.3. The van der Waals surface area contributed by atoms with Gasteiger partial charge in [0, 0.05) is 24.9 Å². The van der Waals surface area contributed by atoms with Crippen LogP contribution >= 0.6 is 0 Å². The molecule has 9 nitrogen and oxygen atoms in total. The largest absolute Gasteiger partial charge is 0.492 e. The highest BCUT2D eigenvalue weighted by atomic mass is 32.2. The molecular weight excluding hydrogens is 428 g/mol. The third kappa shape index (κ3) is 5.24. The monoisotopic (exact) mass is 456 g/mol. The van der Waals surface area contributed by atoms with Gasteiger partial charge in [0.25, 0.3) is 5.95 Å². The van der Waals surface area contributed by atoms with Crippen molar-refractivity contribution in [3.05, 3.63) is 42.6 Å². The smallest absolute Gasteiger partial charge is 0.266 e. The van der Waals surface area contributed by atoms with Crippen LogP contribution in [-0.2, 0) is 9.84 Å². The van der Waals surface area contributed by atoms with Crippen LogP contribution in [0.1, 0.15) is 32.7 Å². The highest BCUT2D eigenvalue weighted by Crippen LogP contribution is 2.24. The van der Waals surface area contributed by atoms with E-state index in [1.54, 1.807) is 35.3 Å². The lowest BCUT2D eigenvalue weighted by Crippen LogP contribution is -2.36. The standard InChI is InChI=1S/C22H28N6O3S/c1-16(2)28-25-22(24-26-28)27-12-10-17(11-13-27)15-31-19-6-9-21(23-14-19)18-4-7-20(8-5-18)32(3,29)30/h4-9,14,16-17H,10-13,15H2,1-3H3. The lowest BCUT2D eigenvalue weighted by Gasteiger charge is -2.30. The second-order valence-corrected chi connectivity index (χ2v) is 10.4. The number of anilines is 1. The van der Waals surface area contributed by atoms with Gasteiger partial charge >= 0.3 is 0 Å². The molecular formula is C22H28N6O3S. The molecule has 0 aliphatic carbocycles. The van der Waals surface area contributed by atoms with Crippen molar-refractivity contribution in [3.8, 4) is 17.0 Å². The van der Waals surface area contributed by atoms with Crippen LogP contribution in [-0.4, -0.2) is 59.6 Å². The molecule has 3 heterocycles. The molecule has 10 heteroatoms. The molecule has 1 saturated heterocycles. The molecule has 1 aromatic carbocycles. The number of rotatable bonds is 7. The number of benzene rings is 1. The number of nitrogens with zero attached hydrogens (tertiary/aromatic N) is 6. The summed E-state index contributed by atoms with van der Waals surface area (Å²) >= 11 is 0. The summed E-state index contributed by atoms with van der Waals surface area (Å²) in [6.45, 7) is 6.48. The summed E-state index contributed by atoms with van der Waals surface area (Å²) in [5, 5.41) is 12.7. The molecule has 3 aromatic rings. The Kier molecular flexibility index (Phi) is 6.40. The molecule has 0 atom stereocenters. The zero-order valence-electron chi connectivity index (χ0n) is 18.5. The highest BCUT2D eigenvalue weighted by molar-refractivity contribution is 7.90. The van der Waals surface area contributed by atoms with E-state index in [0.717, 1.165) is 42.9 Å². The van der Waals surface area contributed by atoms with E-state index in [2.05, 4.69) is 25.3 Å². The van der Waals surface area contributed by atoms with Crippen LogP contribution in [0.3, 0.4) is 0 Å². The number of sulfone groups is 1. The van der Waals surface area contributed by atoms with Gasteiger partial charge in [-0.15, -0.1) is 5.10 Å². The minimum Gasteiger partial charge on any atom is -0.492 e. The van der Waals surface area contributed by atoms with Crippen molar-refractivity contribution in [3.63, 3.8) is 0 Å². The Labute approximate surface area is 188 Å². The summed E-state index contributed by atoms with van der Waals surface area (Å²) in [4.78, 5) is 8.58. The first-order chi connectivity index (χ1) is 15.3. The van der Waals surface area contributed by atoms with Crippen LogP contribution in [0.25, 0.3) is 11.3 Å². The maximum absolute atomic E-state index is 11.6. The van der Waals surface area contributed by atoms with E-state index in [-0.39, 0.29) is 6.04 Å². The lowest BCUT2D eigenvalue weighted by molar-refractivity contribution is 0.222. The Hall–Kier alpha value is -3.01. The van der Waals surface area contributed by atoms with Gasteiger partial charge < -0.3 is 9.64 Å². The second kappa shape index (κ2) is 9.23.